The number of carbonyl (C=O) groups is 2. The first-order valence-corrected chi connectivity index (χ1v) is 16.1. The summed E-state index contributed by atoms with van der Waals surface area (Å²) in [6, 6.07) is 11.8. The standard InChI is InChI=1S/C35H42ClNO6/c1-3-42-34(40)23-8-6-22(7-9-23)32(38)28-13-10-26(28)19-37-20-35(16-4-5-24-17-27(36)12-14-29(24)35)21-43-31-15-11-25(18-30(31)37)33(39)41-2/h6,11-12,14-15,17-18,23,26,28,32,38H,3-5,7-10,13,16,19-21H2,1-2H3/t23-,26-,28+,32?,35-/m0/s1. The minimum atomic E-state index is -0.516. The summed E-state index contributed by atoms with van der Waals surface area (Å²) in [5.74, 6) is 0.577. The highest BCUT2D eigenvalue weighted by atomic mass is 35.5. The molecule has 0 amide bonds. The van der Waals surface area contributed by atoms with Gasteiger partial charge in [0.05, 0.1) is 43.6 Å². The Kier molecular flexibility index (Phi) is 8.74. The first-order valence-electron chi connectivity index (χ1n) is 15.7. The van der Waals surface area contributed by atoms with E-state index in [4.69, 9.17) is 25.8 Å². The van der Waals surface area contributed by atoms with Crippen molar-refractivity contribution in [2.24, 2.45) is 17.8 Å². The van der Waals surface area contributed by atoms with Crippen molar-refractivity contribution in [1.29, 1.82) is 0 Å². The van der Waals surface area contributed by atoms with E-state index in [-0.39, 0.29) is 35.1 Å². The normalized spacial score (nSPS) is 27.0. The number of allylic oxidation sites excluding steroid dienone is 1. The number of hydrogen-bond donors (Lipinski definition) is 1. The second kappa shape index (κ2) is 12.5. The van der Waals surface area contributed by atoms with Crippen molar-refractivity contribution in [1.82, 2.24) is 0 Å². The number of esters is 2. The molecule has 5 atom stereocenters. The monoisotopic (exact) mass is 607 g/mol. The highest BCUT2D eigenvalue weighted by Gasteiger charge is 2.45. The van der Waals surface area contributed by atoms with Crippen molar-refractivity contribution in [3.63, 3.8) is 0 Å². The molecule has 2 aromatic carbocycles. The van der Waals surface area contributed by atoms with E-state index in [9.17, 15) is 14.7 Å². The average Bonchev–Trinajstić information content (AvgIpc) is 3.15. The zero-order chi connectivity index (χ0) is 30.1. The molecule has 8 heteroatoms. The van der Waals surface area contributed by atoms with Crippen LogP contribution in [0.5, 0.6) is 5.75 Å². The van der Waals surface area contributed by atoms with Gasteiger partial charge in [0.2, 0.25) is 0 Å². The fourth-order valence-corrected chi connectivity index (χ4v) is 7.95. The minimum Gasteiger partial charge on any atom is -0.490 e. The van der Waals surface area contributed by atoms with E-state index in [1.807, 2.05) is 25.1 Å². The molecule has 43 heavy (non-hydrogen) atoms. The molecule has 1 aliphatic heterocycles. The Labute approximate surface area is 259 Å². The topological polar surface area (TPSA) is 85.3 Å². The molecule has 1 spiro atoms. The number of carbonyl (C=O) groups excluding carboxylic acids is 2. The summed E-state index contributed by atoms with van der Waals surface area (Å²) in [6.07, 6.45) is 8.68. The van der Waals surface area contributed by atoms with Gasteiger partial charge in [0.15, 0.2) is 0 Å². The summed E-state index contributed by atoms with van der Waals surface area (Å²) >= 11 is 6.40. The second-order valence-electron chi connectivity index (χ2n) is 12.7. The minimum absolute atomic E-state index is 0.116. The summed E-state index contributed by atoms with van der Waals surface area (Å²) < 4.78 is 16.8. The predicted molar refractivity (Wildman–Crippen MR) is 166 cm³/mol. The van der Waals surface area contributed by atoms with E-state index in [2.05, 4.69) is 23.1 Å². The first kappa shape index (κ1) is 30.0. The number of rotatable bonds is 7. The van der Waals surface area contributed by atoms with Gasteiger partial charge in [-0.25, -0.2) is 4.79 Å². The molecule has 0 radical (unpaired) electrons. The van der Waals surface area contributed by atoms with E-state index in [0.717, 1.165) is 80.1 Å². The molecule has 2 aromatic rings. The second-order valence-corrected chi connectivity index (χ2v) is 13.2. The van der Waals surface area contributed by atoms with E-state index < -0.39 is 6.10 Å². The lowest BCUT2D eigenvalue weighted by atomic mass is 9.67. The third kappa shape index (κ3) is 5.91. The summed E-state index contributed by atoms with van der Waals surface area (Å²) in [7, 11) is 1.40. The highest BCUT2D eigenvalue weighted by Crippen LogP contribution is 2.47. The third-order valence-corrected chi connectivity index (χ3v) is 10.5. The Balaban J connectivity index is 1.27. The highest BCUT2D eigenvalue weighted by molar-refractivity contribution is 6.30. The third-order valence-electron chi connectivity index (χ3n) is 10.2. The molecule has 1 fully saturated rings. The number of aliphatic hydroxyl groups is 1. The molecule has 1 N–H and O–H groups in total. The number of methoxy groups -OCH3 is 1. The summed E-state index contributed by atoms with van der Waals surface area (Å²) in [5.41, 5.74) is 4.81. The summed E-state index contributed by atoms with van der Waals surface area (Å²) in [4.78, 5) is 27.1. The van der Waals surface area contributed by atoms with Crippen LogP contribution < -0.4 is 9.64 Å². The van der Waals surface area contributed by atoms with Crippen LogP contribution in [0.4, 0.5) is 5.69 Å². The fraction of sp³-hybridized carbons (Fsp3) is 0.543. The van der Waals surface area contributed by atoms with Crippen molar-refractivity contribution >= 4 is 29.2 Å². The van der Waals surface area contributed by atoms with Crippen LogP contribution in [-0.2, 0) is 26.1 Å². The number of benzene rings is 2. The van der Waals surface area contributed by atoms with Crippen LogP contribution in [-0.4, -0.2) is 56.6 Å². The number of fused-ring (bicyclic) bond motifs is 3. The zero-order valence-corrected chi connectivity index (χ0v) is 25.9. The quantitative estimate of drug-likeness (QED) is 0.293. The van der Waals surface area contributed by atoms with Crippen LogP contribution in [0.3, 0.4) is 0 Å². The number of hydrogen-bond acceptors (Lipinski definition) is 7. The fourth-order valence-electron chi connectivity index (χ4n) is 7.75. The molecule has 0 saturated heterocycles. The van der Waals surface area contributed by atoms with Crippen LogP contribution >= 0.6 is 11.6 Å². The van der Waals surface area contributed by atoms with Crippen molar-refractivity contribution < 1.29 is 28.9 Å². The molecule has 230 valence electrons. The Morgan fingerprint density at radius 2 is 2.02 bits per heavy atom. The Bertz CT molecular complexity index is 1410. The Hall–Kier alpha value is -3.03. The lowest BCUT2D eigenvalue weighted by Crippen LogP contribution is -2.50. The van der Waals surface area contributed by atoms with Gasteiger partial charge in [-0.15, -0.1) is 0 Å². The van der Waals surface area contributed by atoms with Crippen molar-refractivity contribution in [3.05, 3.63) is 69.8 Å². The Morgan fingerprint density at radius 3 is 2.74 bits per heavy atom. The van der Waals surface area contributed by atoms with Gasteiger partial charge in [0.1, 0.15) is 5.75 Å². The molecule has 1 saturated carbocycles. The molecule has 1 unspecified atom stereocenters. The number of halogens is 1. The van der Waals surface area contributed by atoms with Crippen molar-refractivity contribution in [3.8, 4) is 5.75 Å². The maximum Gasteiger partial charge on any atom is 0.337 e. The van der Waals surface area contributed by atoms with Gasteiger partial charge in [-0.3, -0.25) is 4.79 Å². The van der Waals surface area contributed by atoms with Gasteiger partial charge in [0, 0.05) is 23.5 Å². The number of aryl methyl sites for hydroxylation is 1. The average molecular weight is 608 g/mol. The van der Waals surface area contributed by atoms with Gasteiger partial charge in [-0.1, -0.05) is 23.7 Å². The molecule has 0 bridgehead atoms. The maximum atomic E-state index is 12.5. The maximum absolute atomic E-state index is 12.5. The first-order chi connectivity index (χ1) is 20.8. The molecule has 3 aliphatic carbocycles. The van der Waals surface area contributed by atoms with Crippen LogP contribution in [0.1, 0.15) is 73.4 Å². The molecule has 7 nitrogen and oxygen atoms in total. The summed E-state index contributed by atoms with van der Waals surface area (Å²) in [6.45, 7) is 4.28. The van der Waals surface area contributed by atoms with Crippen molar-refractivity contribution in [2.75, 3.05) is 38.3 Å². The molecule has 4 aliphatic rings. The number of anilines is 1. The lowest BCUT2D eigenvalue weighted by molar-refractivity contribution is -0.148. The van der Waals surface area contributed by atoms with Crippen LogP contribution in [0.15, 0.2) is 48.0 Å². The zero-order valence-electron chi connectivity index (χ0n) is 25.1. The van der Waals surface area contributed by atoms with Gasteiger partial charge in [-0.2, -0.15) is 0 Å². The Morgan fingerprint density at radius 1 is 1.16 bits per heavy atom. The largest absolute Gasteiger partial charge is 0.490 e. The van der Waals surface area contributed by atoms with E-state index in [1.54, 1.807) is 6.07 Å². The lowest BCUT2D eigenvalue weighted by Gasteiger charge is -2.46. The predicted octanol–water partition coefficient (Wildman–Crippen LogP) is 6.28. The number of aliphatic hydroxyl groups excluding tert-OH is 1. The van der Waals surface area contributed by atoms with Crippen LogP contribution in [0, 0.1) is 17.8 Å². The smallest absolute Gasteiger partial charge is 0.337 e. The van der Waals surface area contributed by atoms with Gasteiger partial charge in [0.25, 0.3) is 0 Å². The van der Waals surface area contributed by atoms with E-state index in [1.165, 1.54) is 18.2 Å². The number of nitrogens with zero attached hydrogens (tertiary/aromatic N) is 1. The molecular formula is C35H42ClNO6. The molecule has 6 rings (SSSR count). The SMILES string of the molecule is CCOC(=O)[C@H]1CC=C(C(O)[C@@H]2CC[C@H]2CN2C[C@@]3(CCCc4cc(Cl)ccc43)COc3ccc(C(=O)OC)cc32)CC1. The van der Waals surface area contributed by atoms with Crippen LogP contribution in [0.25, 0.3) is 0 Å². The van der Waals surface area contributed by atoms with Gasteiger partial charge < -0.3 is 24.2 Å². The number of ether oxygens (including phenoxy) is 3. The van der Waals surface area contributed by atoms with E-state index >= 15 is 0 Å². The van der Waals surface area contributed by atoms with E-state index in [0.29, 0.717) is 25.2 Å². The molecule has 0 aromatic heterocycles. The molecule has 1 heterocycles. The van der Waals surface area contributed by atoms with Crippen LogP contribution in [0.2, 0.25) is 5.02 Å². The molecular weight excluding hydrogens is 566 g/mol. The van der Waals surface area contributed by atoms with Crippen molar-refractivity contribution in [2.45, 2.75) is 69.8 Å². The van der Waals surface area contributed by atoms with Gasteiger partial charge in [-0.05, 0) is 117 Å². The van der Waals surface area contributed by atoms with Gasteiger partial charge >= 0.3 is 11.9 Å². The summed E-state index contributed by atoms with van der Waals surface area (Å²) in [5, 5.41) is 12.3.